The number of carbonyl (C=O) groups excluding carboxylic acids is 1. The molecule has 1 saturated heterocycles. The minimum absolute atomic E-state index is 0.116. The number of amides is 1. The van der Waals surface area contributed by atoms with E-state index in [1.807, 2.05) is 24.1 Å². The van der Waals surface area contributed by atoms with Crippen LogP contribution in [0.5, 0.6) is 5.75 Å². The van der Waals surface area contributed by atoms with E-state index in [1.54, 1.807) is 41.0 Å². The number of fused-ring (bicyclic) bond motifs is 3. The molecule has 1 aliphatic heterocycles. The summed E-state index contributed by atoms with van der Waals surface area (Å²) in [5.74, 6) is 0.535. The SMILES string of the molecule is CNCCN(C)C(=O)COc1ccc(N2CCN(CCn3c(=O)sc4c3nc(N)n3nc(-c5ccco5)cc43)CC2)c(F)c1. The molecule has 6 rings (SSSR count). The quantitative estimate of drug-likeness (QED) is 0.225. The third-order valence-corrected chi connectivity index (χ3v) is 8.77. The number of nitrogens with zero attached hydrogens (tertiary/aromatic N) is 7. The highest BCUT2D eigenvalue weighted by molar-refractivity contribution is 7.17. The molecule has 1 fully saturated rings. The van der Waals surface area contributed by atoms with Gasteiger partial charge in [-0.25, -0.2) is 4.39 Å². The van der Waals surface area contributed by atoms with E-state index in [2.05, 4.69) is 20.3 Å². The maximum atomic E-state index is 15.0. The lowest BCUT2D eigenvalue weighted by Crippen LogP contribution is -2.47. The van der Waals surface area contributed by atoms with E-state index in [-0.39, 0.29) is 23.3 Å². The summed E-state index contributed by atoms with van der Waals surface area (Å²) in [7, 11) is 3.53. The number of hydrogen-bond acceptors (Lipinski definition) is 11. The number of nitrogen functional groups attached to an aromatic ring is 1. The number of anilines is 2. The van der Waals surface area contributed by atoms with Crippen molar-refractivity contribution in [2.75, 3.05) is 77.1 Å². The van der Waals surface area contributed by atoms with Crippen molar-refractivity contribution in [1.29, 1.82) is 0 Å². The molecular weight excluding hydrogens is 589 g/mol. The van der Waals surface area contributed by atoms with Crippen molar-refractivity contribution in [2.45, 2.75) is 6.54 Å². The van der Waals surface area contributed by atoms with Gasteiger partial charge in [-0.1, -0.05) is 11.3 Å². The third-order valence-electron chi connectivity index (χ3n) is 7.78. The number of nitrogens with one attached hydrogen (secondary N) is 1. The van der Waals surface area contributed by atoms with Gasteiger partial charge in [0.05, 0.1) is 17.5 Å². The number of ether oxygens (including phenoxy) is 1. The first-order valence-corrected chi connectivity index (χ1v) is 15.1. The maximum absolute atomic E-state index is 15.0. The van der Waals surface area contributed by atoms with E-state index in [9.17, 15) is 9.59 Å². The van der Waals surface area contributed by atoms with Crippen LogP contribution in [0.3, 0.4) is 0 Å². The van der Waals surface area contributed by atoms with Gasteiger partial charge in [-0.05, 0) is 37.4 Å². The normalized spacial score (nSPS) is 14.1. The molecule has 4 aromatic heterocycles. The Balaban J connectivity index is 1.06. The van der Waals surface area contributed by atoms with E-state index in [0.717, 1.165) is 11.3 Å². The smallest absolute Gasteiger partial charge is 0.309 e. The number of benzene rings is 1. The van der Waals surface area contributed by atoms with Crippen LogP contribution in [0.1, 0.15) is 0 Å². The second-order valence-corrected chi connectivity index (χ2v) is 11.6. The van der Waals surface area contributed by atoms with Crippen LogP contribution in [0.2, 0.25) is 0 Å². The highest BCUT2D eigenvalue weighted by Gasteiger charge is 2.22. The van der Waals surface area contributed by atoms with Crippen molar-refractivity contribution in [2.24, 2.45) is 0 Å². The fourth-order valence-electron chi connectivity index (χ4n) is 5.24. The Morgan fingerprint density at radius 1 is 1.20 bits per heavy atom. The summed E-state index contributed by atoms with van der Waals surface area (Å²) in [4.78, 5) is 35.4. The molecule has 1 aromatic carbocycles. The van der Waals surface area contributed by atoms with Crippen molar-refractivity contribution < 1.29 is 18.3 Å². The zero-order valence-electron chi connectivity index (χ0n) is 24.5. The Hall–Kier alpha value is -4.47. The van der Waals surface area contributed by atoms with Crippen LogP contribution >= 0.6 is 11.3 Å². The summed E-state index contributed by atoms with van der Waals surface area (Å²) in [6, 6.07) is 10.1. The first-order chi connectivity index (χ1) is 21.3. The van der Waals surface area contributed by atoms with Crippen molar-refractivity contribution in [1.82, 2.24) is 34.3 Å². The lowest BCUT2D eigenvalue weighted by atomic mass is 10.2. The van der Waals surface area contributed by atoms with Crippen molar-refractivity contribution in [3.8, 4) is 17.2 Å². The second-order valence-electron chi connectivity index (χ2n) is 10.6. The van der Waals surface area contributed by atoms with Crippen LogP contribution in [0.25, 0.3) is 27.3 Å². The third kappa shape index (κ3) is 5.98. The Bertz CT molecular complexity index is 1830. The molecule has 0 radical (unpaired) electrons. The molecule has 232 valence electrons. The van der Waals surface area contributed by atoms with E-state index < -0.39 is 5.82 Å². The number of hydrogen-bond donors (Lipinski definition) is 2. The number of aromatic nitrogens is 4. The number of nitrogens with two attached hydrogens (primary N) is 1. The first kappa shape index (κ1) is 29.6. The summed E-state index contributed by atoms with van der Waals surface area (Å²) in [5, 5.41) is 7.50. The average molecular weight is 624 g/mol. The molecule has 13 nitrogen and oxygen atoms in total. The van der Waals surface area contributed by atoms with E-state index in [0.29, 0.717) is 91.1 Å². The number of thiazole rings is 1. The standard InChI is InChI=1S/C29H34FN9O4S/c1-32-7-8-35(2)25(40)18-43-19-5-6-22(20(30)16-19)37-12-9-36(10-13-37)11-14-38-27-26(44-29(38)41)23-17-21(24-4-3-15-42-24)34-39(23)28(31)33-27/h3-6,15-17,32H,7-14,18H2,1-2H3,(H2,31,33). The van der Waals surface area contributed by atoms with Crippen molar-refractivity contribution in [3.63, 3.8) is 0 Å². The van der Waals surface area contributed by atoms with Gasteiger partial charge in [0.25, 0.3) is 5.91 Å². The minimum atomic E-state index is -0.395. The van der Waals surface area contributed by atoms with Gasteiger partial charge in [-0.2, -0.15) is 14.6 Å². The molecule has 3 N–H and O–H groups in total. The zero-order chi connectivity index (χ0) is 30.8. The van der Waals surface area contributed by atoms with Crippen molar-refractivity contribution >= 4 is 44.7 Å². The van der Waals surface area contributed by atoms with Crippen LogP contribution < -0.4 is 25.6 Å². The van der Waals surface area contributed by atoms with E-state index in [4.69, 9.17) is 14.9 Å². The molecule has 15 heteroatoms. The van der Waals surface area contributed by atoms with Gasteiger partial charge < -0.3 is 30.0 Å². The maximum Gasteiger partial charge on any atom is 0.309 e. The second kappa shape index (κ2) is 12.6. The van der Waals surface area contributed by atoms with Gasteiger partial charge in [-0.3, -0.25) is 19.1 Å². The molecule has 1 amide bonds. The van der Waals surface area contributed by atoms with Crippen LogP contribution in [0.4, 0.5) is 16.0 Å². The number of rotatable bonds is 11. The number of furan rings is 1. The largest absolute Gasteiger partial charge is 0.484 e. The fourth-order valence-corrected chi connectivity index (χ4v) is 6.20. The topological polar surface area (TPSA) is 139 Å². The number of piperazine rings is 1. The molecule has 0 saturated carbocycles. The molecule has 0 bridgehead atoms. The van der Waals surface area contributed by atoms with Gasteiger partial charge in [-0.15, -0.1) is 0 Å². The average Bonchev–Trinajstić information content (AvgIpc) is 3.78. The molecule has 1 aliphatic rings. The zero-order valence-corrected chi connectivity index (χ0v) is 25.3. The van der Waals surface area contributed by atoms with Crippen LogP contribution in [0.15, 0.2) is 51.9 Å². The molecule has 0 aliphatic carbocycles. The van der Waals surface area contributed by atoms with Gasteiger partial charge in [0.1, 0.15) is 22.0 Å². The molecule has 0 unspecified atom stereocenters. The Labute approximate surface area is 256 Å². The van der Waals surface area contributed by atoms with Gasteiger partial charge >= 0.3 is 4.87 Å². The summed E-state index contributed by atoms with van der Waals surface area (Å²) < 4.78 is 29.9. The molecule has 0 spiro atoms. The fraction of sp³-hybridized carbons (Fsp3) is 0.379. The van der Waals surface area contributed by atoms with Gasteiger partial charge in [0, 0.05) is 65.5 Å². The molecular formula is C29H34FN9O4S. The van der Waals surface area contributed by atoms with E-state index in [1.165, 1.54) is 10.6 Å². The predicted molar refractivity (Wildman–Crippen MR) is 167 cm³/mol. The van der Waals surface area contributed by atoms with Crippen LogP contribution in [-0.2, 0) is 11.3 Å². The highest BCUT2D eigenvalue weighted by atomic mass is 32.1. The first-order valence-electron chi connectivity index (χ1n) is 14.3. The number of likely N-dealkylation sites (N-methyl/N-ethyl adjacent to an activating group) is 2. The van der Waals surface area contributed by atoms with Crippen LogP contribution in [-0.4, -0.2) is 101 Å². The predicted octanol–water partition coefficient (Wildman–Crippen LogP) is 1.97. The molecule has 0 atom stereocenters. The van der Waals surface area contributed by atoms with Gasteiger partial charge in [0.2, 0.25) is 5.95 Å². The van der Waals surface area contributed by atoms with E-state index >= 15 is 4.39 Å². The van der Waals surface area contributed by atoms with Crippen molar-refractivity contribution in [3.05, 3.63) is 58.1 Å². The Kier molecular flexibility index (Phi) is 8.50. The number of carbonyl (C=O) groups is 1. The summed E-state index contributed by atoms with van der Waals surface area (Å²) in [6.45, 7) is 4.84. The lowest BCUT2D eigenvalue weighted by molar-refractivity contribution is -0.132. The lowest BCUT2D eigenvalue weighted by Gasteiger charge is -2.36. The Morgan fingerprint density at radius 3 is 2.75 bits per heavy atom. The molecule has 5 aromatic rings. The highest BCUT2D eigenvalue weighted by Crippen LogP contribution is 2.29. The summed E-state index contributed by atoms with van der Waals surface area (Å²) in [5.41, 5.74) is 8.57. The summed E-state index contributed by atoms with van der Waals surface area (Å²) in [6.07, 6.45) is 1.58. The minimum Gasteiger partial charge on any atom is -0.484 e. The van der Waals surface area contributed by atoms with Gasteiger partial charge in [0.15, 0.2) is 18.0 Å². The molecule has 44 heavy (non-hydrogen) atoms. The Morgan fingerprint density at radius 2 is 2.02 bits per heavy atom. The monoisotopic (exact) mass is 623 g/mol. The molecule has 5 heterocycles. The number of halogens is 1. The summed E-state index contributed by atoms with van der Waals surface area (Å²) >= 11 is 1.12. The van der Waals surface area contributed by atoms with Crippen LogP contribution in [0, 0.1) is 5.82 Å².